The molecular weight excluding hydrogens is 348 g/mol. The summed E-state index contributed by atoms with van der Waals surface area (Å²) < 4.78 is 1.90. The molecule has 0 atom stereocenters. The number of carbonyl (C=O) groups excluding carboxylic acids is 2. The van der Waals surface area contributed by atoms with Gasteiger partial charge in [-0.05, 0) is 18.2 Å². The predicted octanol–water partition coefficient (Wildman–Crippen LogP) is 2.15. The Labute approximate surface area is 144 Å². The van der Waals surface area contributed by atoms with E-state index in [1.165, 1.54) is 25.3 Å². The highest BCUT2D eigenvalue weighted by Crippen LogP contribution is 2.29. The third kappa shape index (κ3) is 3.30. The maximum absolute atomic E-state index is 12.4. The number of nitrogens with zero attached hydrogens (tertiary/aromatic N) is 4. The number of carbonyl (C=O) groups is 2. The van der Waals surface area contributed by atoms with Crippen molar-refractivity contribution in [3.8, 4) is 0 Å². The average Bonchev–Trinajstić information content (AvgIpc) is 3.08. The minimum Gasteiger partial charge on any atom is -0.320 e. The van der Waals surface area contributed by atoms with Crippen LogP contribution < -0.4 is 10.6 Å². The van der Waals surface area contributed by atoms with Crippen LogP contribution in [0, 0.1) is 10.1 Å². The number of nitro groups is 1. The van der Waals surface area contributed by atoms with E-state index in [-0.39, 0.29) is 17.3 Å². The molecule has 2 heterocycles. The van der Waals surface area contributed by atoms with E-state index in [4.69, 9.17) is 0 Å². The third-order valence-corrected chi connectivity index (χ3v) is 4.19. The molecule has 0 saturated heterocycles. The molecule has 0 saturated carbocycles. The van der Waals surface area contributed by atoms with Gasteiger partial charge in [-0.3, -0.25) is 24.4 Å². The molecule has 0 spiro atoms. The zero-order valence-corrected chi connectivity index (χ0v) is 14.0. The van der Waals surface area contributed by atoms with E-state index in [1.54, 1.807) is 18.2 Å². The average molecular weight is 360 g/mol. The number of rotatable bonds is 4. The van der Waals surface area contributed by atoms with Crippen LogP contribution in [0.2, 0.25) is 0 Å². The molecule has 128 valence electrons. The molecule has 0 radical (unpaired) electrons. The fraction of sp³-hybridized carbons (Fsp3) is 0.143. The lowest BCUT2D eigenvalue weighted by molar-refractivity contribution is -0.385. The van der Waals surface area contributed by atoms with Gasteiger partial charge in [0.15, 0.2) is 5.13 Å². The molecule has 3 aromatic rings. The Morgan fingerprint density at radius 1 is 1.32 bits per heavy atom. The molecule has 3 rings (SSSR count). The molecule has 0 aliphatic heterocycles. The van der Waals surface area contributed by atoms with Crippen LogP contribution in [0.3, 0.4) is 0 Å². The second-order valence-corrected chi connectivity index (χ2v) is 6.13. The van der Waals surface area contributed by atoms with E-state index in [0.717, 1.165) is 15.6 Å². The highest BCUT2D eigenvalue weighted by molar-refractivity contribution is 7.22. The number of nitrogens with one attached hydrogen (secondary N) is 2. The number of aryl methyl sites for hydroxylation is 1. The van der Waals surface area contributed by atoms with Crippen LogP contribution in [-0.4, -0.2) is 31.5 Å². The number of thiazole rings is 1. The minimum atomic E-state index is -0.659. The van der Waals surface area contributed by atoms with Gasteiger partial charge in [0.25, 0.3) is 5.91 Å². The largest absolute Gasteiger partial charge is 0.320 e. The van der Waals surface area contributed by atoms with Gasteiger partial charge in [-0.2, -0.15) is 5.10 Å². The van der Waals surface area contributed by atoms with Gasteiger partial charge in [0, 0.05) is 19.7 Å². The Kier molecular flexibility index (Phi) is 4.15. The Hall–Kier alpha value is -3.34. The van der Waals surface area contributed by atoms with Crippen molar-refractivity contribution in [2.45, 2.75) is 6.92 Å². The highest BCUT2D eigenvalue weighted by Gasteiger charge is 2.25. The molecule has 10 nitrogen and oxygen atoms in total. The molecule has 0 unspecified atom stereocenters. The molecule has 0 fully saturated rings. The predicted molar refractivity (Wildman–Crippen MR) is 91.7 cm³/mol. The van der Waals surface area contributed by atoms with Crippen molar-refractivity contribution < 1.29 is 14.5 Å². The van der Waals surface area contributed by atoms with Gasteiger partial charge in [0.05, 0.1) is 15.1 Å². The van der Waals surface area contributed by atoms with Crippen LogP contribution in [0.25, 0.3) is 10.2 Å². The van der Waals surface area contributed by atoms with Crippen LogP contribution in [0.5, 0.6) is 0 Å². The maximum Gasteiger partial charge on any atom is 0.320 e. The summed E-state index contributed by atoms with van der Waals surface area (Å²) in [6.07, 6.45) is 1.03. The third-order valence-electron chi connectivity index (χ3n) is 3.26. The first-order valence-corrected chi connectivity index (χ1v) is 7.82. The van der Waals surface area contributed by atoms with Gasteiger partial charge < -0.3 is 10.6 Å². The first kappa shape index (κ1) is 16.5. The molecule has 0 bridgehead atoms. The lowest BCUT2D eigenvalue weighted by atomic mass is 10.2. The number of anilines is 2. The number of aromatic nitrogens is 3. The molecule has 2 aromatic heterocycles. The summed E-state index contributed by atoms with van der Waals surface area (Å²) in [6.45, 7) is 1.39. The Balaban J connectivity index is 1.88. The monoisotopic (exact) mass is 360 g/mol. The number of fused-ring (bicyclic) bond motifs is 1. The number of hydrogen-bond donors (Lipinski definition) is 2. The van der Waals surface area contributed by atoms with E-state index in [2.05, 4.69) is 20.7 Å². The maximum atomic E-state index is 12.4. The van der Waals surface area contributed by atoms with E-state index < -0.39 is 10.8 Å². The fourth-order valence-electron chi connectivity index (χ4n) is 2.22. The van der Waals surface area contributed by atoms with Crippen molar-refractivity contribution in [1.82, 2.24) is 14.8 Å². The molecule has 2 N–H and O–H groups in total. The first-order chi connectivity index (χ1) is 11.8. The Morgan fingerprint density at radius 2 is 2.08 bits per heavy atom. The summed E-state index contributed by atoms with van der Waals surface area (Å²) in [4.78, 5) is 38.0. The molecule has 25 heavy (non-hydrogen) atoms. The van der Waals surface area contributed by atoms with E-state index in [9.17, 15) is 19.7 Å². The van der Waals surface area contributed by atoms with Crippen LogP contribution in [0.4, 0.5) is 16.5 Å². The summed E-state index contributed by atoms with van der Waals surface area (Å²) in [7, 11) is 1.45. The zero-order valence-electron chi connectivity index (χ0n) is 13.1. The zero-order chi connectivity index (χ0) is 18.1. The molecule has 1 aromatic carbocycles. The van der Waals surface area contributed by atoms with E-state index in [1.807, 2.05) is 0 Å². The van der Waals surface area contributed by atoms with Gasteiger partial charge in [-0.1, -0.05) is 11.3 Å². The second kappa shape index (κ2) is 6.28. The van der Waals surface area contributed by atoms with Crippen LogP contribution >= 0.6 is 11.3 Å². The van der Waals surface area contributed by atoms with Crippen molar-refractivity contribution in [2.75, 3.05) is 10.6 Å². The van der Waals surface area contributed by atoms with Crippen molar-refractivity contribution >= 4 is 49.9 Å². The highest BCUT2D eigenvalue weighted by atomic mass is 32.1. The van der Waals surface area contributed by atoms with E-state index >= 15 is 0 Å². The lowest BCUT2D eigenvalue weighted by Gasteiger charge is -2.05. The summed E-state index contributed by atoms with van der Waals surface area (Å²) in [5.41, 5.74) is 0.601. The molecule has 11 heteroatoms. The lowest BCUT2D eigenvalue weighted by Crippen LogP contribution is -2.17. The summed E-state index contributed by atoms with van der Waals surface area (Å²) >= 11 is 1.26. The fourth-order valence-corrected chi connectivity index (χ4v) is 3.17. The molecule has 0 aliphatic carbocycles. The molecular formula is C14H12N6O4S. The van der Waals surface area contributed by atoms with Gasteiger partial charge in [-0.15, -0.1) is 0 Å². The molecule has 2 amide bonds. The standard InChI is InChI=1S/C14H12N6O4S/c1-7(21)16-14-18-9-4-3-8(5-11(9)25-14)17-13(22)12-10(20(23)24)6-15-19(12)2/h3-6H,1-2H3,(H,17,22)(H,16,18,21). The van der Waals surface area contributed by atoms with Gasteiger partial charge in [0.2, 0.25) is 11.6 Å². The summed E-state index contributed by atoms with van der Waals surface area (Å²) in [5.74, 6) is -0.867. The number of benzene rings is 1. The smallest absolute Gasteiger partial charge is 0.320 e. The van der Waals surface area contributed by atoms with Crippen molar-refractivity contribution in [2.24, 2.45) is 7.05 Å². The topological polar surface area (TPSA) is 132 Å². The van der Waals surface area contributed by atoms with Gasteiger partial charge in [-0.25, -0.2) is 4.98 Å². The quantitative estimate of drug-likeness (QED) is 0.541. The SMILES string of the molecule is CC(=O)Nc1nc2ccc(NC(=O)c3c([N+](=O)[O-])cnn3C)cc2s1. The Morgan fingerprint density at radius 3 is 2.76 bits per heavy atom. The van der Waals surface area contributed by atoms with Crippen molar-refractivity contribution in [3.05, 3.63) is 40.2 Å². The molecule has 0 aliphatic rings. The van der Waals surface area contributed by atoms with Gasteiger partial charge in [0.1, 0.15) is 6.20 Å². The van der Waals surface area contributed by atoms with Crippen LogP contribution in [0.15, 0.2) is 24.4 Å². The van der Waals surface area contributed by atoms with Crippen LogP contribution in [0.1, 0.15) is 17.4 Å². The van der Waals surface area contributed by atoms with Crippen molar-refractivity contribution in [1.29, 1.82) is 0 Å². The summed E-state index contributed by atoms with van der Waals surface area (Å²) in [5, 5.41) is 20.4. The normalized spacial score (nSPS) is 10.6. The van der Waals surface area contributed by atoms with Crippen molar-refractivity contribution in [3.63, 3.8) is 0 Å². The van der Waals surface area contributed by atoms with E-state index in [0.29, 0.717) is 16.3 Å². The number of amides is 2. The van der Waals surface area contributed by atoms with Crippen LogP contribution in [-0.2, 0) is 11.8 Å². The minimum absolute atomic E-state index is 0.145. The number of hydrogen-bond acceptors (Lipinski definition) is 7. The Bertz CT molecular complexity index is 1010. The first-order valence-electron chi connectivity index (χ1n) is 7.01. The summed E-state index contributed by atoms with van der Waals surface area (Å²) in [6, 6.07) is 4.99. The second-order valence-electron chi connectivity index (χ2n) is 5.10. The van der Waals surface area contributed by atoms with Gasteiger partial charge >= 0.3 is 5.69 Å².